The molecule has 110 valence electrons. The van der Waals surface area contributed by atoms with Gasteiger partial charge in [-0.1, -0.05) is 19.8 Å². The number of hydrogen-bond donors (Lipinski definition) is 1. The molecule has 4 nitrogen and oxygen atoms in total. The Morgan fingerprint density at radius 1 is 1.50 bits per heavy atom. The standard InChI is InChI=1S/C16H23NO3/c1-4-5-6-11(10-18)15-13-9-12(19)7-8-14(13)17(2)16(15)20-3/h7-11,15-16,19H,4-6H2,1-3H3. The molecule has 4 heteroatoms. The first-order valence-electron chi connectivity index (χ1n) is 7.17. The molecule has 1 aliphatic heterocycles. The summed E-state index contributed by atoms with van der Waals surface area (Å²) in [6.45, 7) is 2.12. The van der Waals surface area contributed by atoms with Crippen molar-refractivity contribution >= 4 is 12.0 Å². The van der Waals surface area contributed by atoms with Gasteiger partial charge in [-0.25, -0.2) is 0 Å². The van der Waals surface area contributed by atoms with Crippen molar-refractivity contribution in [3.8, 4) is 5.75 Å². The number of fused-ring (bicyclic) bond motifs is 1. The fourth-order valence-electron chi connectivity index (χ4n) is 3.18. The number of hydrogen-bond acceptors (Lipinski definition) is 4. The summed E-state index contributed by atoms with van der Waals surface area (Å²) in [5.74, 6) is 0.139. The molecule has 2 rings (SSSR count). The summed E-state index contributed by atoms with van der Waals surface area (Å²) < 4.78 is 5.61. The Hall–Kier alpha value is -1.55. The zero-order chi connectivity index (χ0) is 14.7. The number of anilines is 1. The van der Waals surface area contributed by atoms with E-state index in [1.807, 2.05) is 18.0 Å². The third-order valence-corrected chi connectivity index (χ3v) is 4.21. The molecule has 1 aromatic rings. The number of rotatable bonds is 6. The van der Waals surface area contributed by atoms with Crippen LogP contribution in [0.2, 0.25) is 0 Å². The molecule has 3 atom stereocenters. The molecule has 1 N–H and O–H groups in total. The fourth-order valence-corrected chi connectivity index (χ4v) is 3.18. The number of aromatic hydroxyl groups is 1. The van der Waals surface area contributed by atoms with Gasteiger partial charge in [-0.2, -0.15) is 0 Å². The largest absolute Gasteiger partial charge is 0.508 e. The monoisotopic (exact) mass is 277 g/mol. The average Bonchev–Trinajstić information content (AvgIpc) is 2.72. The van der Waals surface area contributed by atoms with Gasteiger partial charge in [0.2, 0.25) is 0 Å². The highest BCUT2D eigenvalue weighted by Crippen LogP contribution is 2.46. The van der Waals surface area contributed by atoms with Crippen molar-refractivity contribution in [1.82, 2.24) is 0 Å². The van der Waals surface area contributed by atoms with Crippen molar-refractivity contribution < 1.29 is 14.6 Å². The van der Waals surface area contributed by atoms with Crippen molar-refractivity contribution in [2.45, 2.75) is 38.3 Å². The quantitative estimate of drug-likeness (QED) is 0.812. The second-order valence-corrected chi connectivity index (χ2v) is 5.45. The molecule has 20 heavy (non-hydrogen) atoms. The minimum absolute atomic E-state index is 0.0175. The highest BCUT2D eigenvalue weighted by molar-refractivity contribution is 5.67. The van der Waals surface area contributed by atoms with Crippen LogP contribution < -0.4 is 4.90 Å². The summed E-state index contributed by atoms with van der Waals surface area (Å²) in [5, 5.41) is 9.74. The van der Waals surface area contributed by atoms with E-state index < -0.39 is 0 Å². The molecule has 1 aromatic carbocycles. The van der Waals surface area contributed by atoms with Crippen molar-refractivity contribution in [1.29, 1.82) is 0 Å². The Bertz CT molecular complexity index is 475. The predicted octanol–water partition coefficient (Wildman–Crippen LogP) is 2.90. The third-order valence-electron chi connectivity index (χ3n) is 4.21. The van der Waals surface area contributed by atoms with E-state index in [9.17, 15) is 9.90 Å². The summed E-state index contributed by atoms with van der Waals surface area (Å²) in [4.78, 5) is 13.6. The Morgan fingerprint density at radius 2 is 2.25 bits per heavy atom. The van der Waals surface area contributed by atoms with E-state index in [-0.39, 0.29) is 23.8 Å². The first kappa shape index (κ1) is 14.9. The lowest BCUT2D eigenvalue weighted by molar-refractivity contribution is -0.113. The zero-order valence-corrected chi connectivity index (χ0v) is 12.4. The molecular weight excluding hydrogens is 254 g/mol. The number of carbonyl (C=O) groups is 1. The number of ether oxygens (including phenoxy) is 1. The molecule has 0 amide bonds. The SMILES string of the molecule is CCCCC(C=O)C1c2cc(O)ccc2N(C)C1OC. The molecule has 0 radical (unpaired) electrons. The van der Waals surface area contributed by atoms with Gasteiger partial charge in [-0.05, 0) is 30.2 Å². The Kier molecular flexibility index (Phi) is 4.65. The third kappa shape index (κ3) is 2.52. The van der Waals surface area contributed by atoms with Gasteiger partial charge in [-0.3, -0.25) is 0 Å². The Labute approximate surface area is 120 Å². The van der Waals surface area contributed by atoms with Crippen LogP contribution in [0.15, 0.2) is 18.2 Å². The molecule has 1 heterocycles. The van der Waals surface area contributed by atoms with Gasteiger partial charge in [-0.15, -0.1) is 0 Å². The van der Waals surface area contributed by atoms with Crippen LogP contribution >= 0.6 is 0 Å². The van der Waals surface area contributed by atoms with Crippen LogP contribution in [0.4, 0.5) is 5.69 Å². The molecule has 0 aliphatic carbocycles. The Morgan fingerprint density at radius 3 is 2.85 bits per heavy atom. The normalized spacial score (nSPS) is 22.6. The lowest BCUT2D eigenvalue weighted by Gasteiger charge is -2.28. The highest BCUT2D eigenvalue weighted by atomic mass is 16.5. The minimum Gasteiger partial charge on any atom is -0.508 e. The van der Waals surface area contributed by atoms with E-state index in [1.165, 1.54) is 0 Å². The van der Waals surface area contributed by atoms with Crippen molar-refractivity contribution in [3.63, 3.8) is 0 Å². The minimum atomic E-state index is -0.154. The molecule has 1 aliphatic rings. The van der Waals surface area contributed by atoms with Crippen LogP contribution in [-0.4, -0.2) is 31.8 Å². The number of phenolic OH excluding ortho intramolecular Hbond substituents is 1. The highest BCUT2D eigenvalue weighted by Gasteiger charge is 2.41. The zero-order valence-electron chi connectivity index (χ0n) is 12.4. The molecule has 0 aromatic heterocycles. The van der Waals surface area contributed by atoms with Gasteiger partial charge >= 0.3 is 0 Å². The predicted molar refractivity (Wildman–Crippen MR) is 79.1 cm³/mol. The van der Waals surface area contributed by atoms with Crippen LogP contribution in [0.5, 0.6) is 5.75 Å². The maximum absolute atomic E-state index is 11.5. The van der Waals surface area contributed by atoms with Crippen LogP contribution in [-0.2, 0) is 9.53 Å². The van der Waals surface area contributed by atoms with Crippen molar-refractivity contribution in [2.75, 3.05) is 19.1 Å². The van der Waals surface area contributed by atoms with Crippen LogP contribution in [0.3, 0.4) is 0 Å². The summed E-state index contributed by atoms with van der Waals surface area (Å²) in [6, 6.07) is 5.32. The summed E-state index contributed by atoms with van der Waals surface area (Å²) in [5.41, 5.74) is 2.04. The van der Waals surface area contributed by atoms with Gasteiger partial charge in [0.1, 0.15) is 18.3 Å². The number of phenols is 1. The van der Waals surface area contributed by atoms with E-state index >= 15 is 0 Å². The molecule has 0 saturated carbocycles. The maximum Gasteiger partial charge on any atom is 0.137 e. The van der Waals surface area contributed by atoms with E-state index in [0.717, 1.165) is 36.8 Å². The van der Waals surface area contributed by atoms with E-state index in [1.54, 1.807) is 19.2 Å². The first-order valence-corrected chi connectivity index (χ1v) is 7.17. The van der Waals surface area contributed by atoms with E-state index in [2.05, 4.69) is 6.92 Å². The number of likely N-dealkylation sites (N-methyl/N-ethyl adjacent to an activating group) is 1. The number of methoxy groups -OCH3 is 1. The topological polar surface area (TPSA) is 49.8 Å². The number of carbonyl (C=O) groups excluding carboxylic acids is 1. The number of benzene rings is 1. The lowest BCUT2D eigenvalue weighted by Crippen LogP contribution is -2.35. The first-order chi connectivity index (χ1) is 9.63. The van der Waals surface area contributed by atoms with Crippen molar-refractivity contribution in [3.05, 3.63) is 23.8 Å². The molecule has 0 saturated heterocycles. The smallest absolute Gasteiger partial charge is 0.137 e. The lowest BCUT2D eigenvalue weighted by atomic mass is 9.84. The van der Waals surface area contributed by atoms with Crippen LogP contribution in [0.25, 0.3) is 0 Å². The van der Waals surface area contributed by atoms with Gasteiger partial charge in [0, 0.05) is 31.7 Å². The fraction of sp³-hybridized carbons (Fsp3) is 0.562. The average molecular weight is 277 g/mol. The van der Waals surface area contributed by atoms with E-state index in [4.69, 9.17) is 4.74 Å². The van der Waals surface area contributed by atoms with Gasteiger partial charge in [0.15, 0.2) is 0 Å². The molecule has 0 bridgehead atoms. The molecule has 0 fully saturated rings. The number of unbranched alkanes of at least 4 members (excludes halogenated alkanes) is 1. The van der Waals surface area contributed by atoms with Gasteiger partial charge in [0.05, 0.1) is 0 Å². The maximum atomic E-state index is 11.5. The second-order valence-electron chi connectivity index (χ2n) is 5.45. The van der Waals surface area contributed by atoms with Crippen LogP contribution in [0.1, 0.15) is 37.7 Å². The summed E-state index contributed by atoms with van der Waals surface area (Å²) in [7, 11) is 3.63. The number of aldehydes is 1. The molecule has 0 spiro atoms. The molecule has 3 unspecified atom stereocenters. The van der Waals surface area contributed by atoms with Gasteiger partial charge in [0.25, 0.3) is 0 Å². The van der Waals surface area contributed by atoms with Crippen molar-refractivity contribution in [2.24, 2.45) is 5.92 Å². The van der Waals surface area contributed by atoms with E-state index in [0.29, 0.717) is 0 Å². The number of nitrogens with zero attached hydrogens (tertiary/aromatic N) is 1. The summed E-state index contributed by atoms with van der Waals surface area (Å²) in [6.07, 6.45) is 3.83. The molecular formula is C16H23NO3. The van der Waals surface area contributed by atoms with Gasteiger partial charge < -0.3 is 19.5 Å². The Balaban J connectivity index is 2.39. The van der Waals surface area contributed by atoms with Crippen LogP contribution in [0, 0.1) is 5.92 Å². The second kappa shape index (κ2) is 6.27. The summed E-state index contributed by atoms with van der Waals surface area (Å²) >= 11 is 0.